The van der Waals surface area contributed by atoms with Crippen molar-refractivity contribution in [3.05, 3.63) is 35.4 Å². The van der Waals surface area contributed by atoms with E-state index < -0.39 is 5.97 Å². The van der Waals surface area contributed by atoms with Gasteiger partial charge in [-0.1, -0.05) is 24.3 Å². The molecule has 0 amide bonds. The van der Waals surface area contributed by atoms with Gasteiger partial charge in [0, 0.05) is 0 Å². The molecule has 1 aliphatic rings. The highest BCUT2D eigenvalue weighted by atomic mass is 16.5. The minimum atomic E-state index is -0.853. The fourth-order valence-corrected chi connectivity index (χ4v) is 2.35. The molecule has 1 fully saturated rings. The maximum Gasteiger partial charge on any atom is 0.310 e. The quantitative estimate of drug-likeness (QED) is 0.827. The van der Waals surface area contributed by atoms with Crippen LogP contribution in [0.2, 0.25) is 0 Å². The standard InChI is InChI=1S/C15H18O4/c16-14(17)9-11-5-7-12(8-6-11)10-15(18)19-13-3-1-2-4-13/h5-8,13H,1-4,9-10H2,(H,16,17). The molecule has 0 heterocycles. The molecule has 4 heteroatoms. The van der Waals surface area contributed by atoms with E-state index in [-0.39, 0.29) is 24.9 Å². The van der Waals surface area contributed by atoms with Crippen LogP contribution in [0.25, 0.3) is 0 Å². The highest BCUT2D eigenvalue weighted by Crippen LogP contribution is 2.21. The minimum absolute atomic E-state index is 0.00675. The van der Waals surface area contributed by atoms with Gasteiger partial charge in [-0.25, -0.2) is 0 Å². The van der Waals surface area contributed by atoms with Crippen LogP contribution in [0.3, 0.4) is 0 Å². The molecule has 1 aromatic rings. The summed E-state index contributed by atoms with van der Waals surface area (Å²) in [6.07, 6.45) is 4.59. The summed E-state index contributed by atoms with van der Waals surface area (Å²) in [5, 5.41) is 8.67. The van der Waals surface area contributed by atoms with Crippen molar-refractivity contribution in [1.82, 2.24) is 0 Å². The summed E-state index contributed by atoms with van der Waals surface area (Å²) < 4.78 is 5.38. The number of carbonyl (C=O) groups excluding carboxylic acids is 1. The zero-order chi connectivity index (χ0) is 13.7. The molecule has 0 aromatic heterocycles. The number of esters is 1. The van der Waals surface area contributed by atoms with Crippen LogP contribution in [0.5, 0.6) is 0 Å². The van der Waals surface area contributed by atoms with Crippen molar-refractivity contribution in [2.75, 3.05) is 0 Å². The van der Waals surface area contributed by atoms with E-state index in [9.17, 15) is 9.59 Å². The second-order valence-electron chi connectivity index (χ2n) is 4.96. The second kappa shape index (κ2) is 6.36. The van der Waals surface area contributed by atoms with Crippen LogP contribution in [-0.2, 0) is 27.2 Å². The van der Waals surface area contributed by atoms with Gasteiger partial charge < -0.3 is 9.84 Å². The third-order valence-corrected chi connectivity index (χ3v) is 3.33. The summed E-state index contributed by atoms with van der Waals surface area (Å²) in [6, 6.07) is 7.06. The first-order valence-electron chi connectivity index (χ1n) is 6.62. The first-order valence-corrected chi connectivity index (χ1v) is 6.62. The number of hydrogen-bond acceptors (Lipinski definition) is 3. The summed E-state index contributed by atoms with van der Waals surface area (Å²) in [5.41, 5.74) is 1.59. The Bertz CT molecular complexity index is 444. The van der Waals surface area contributed by atoms with E-state index in [2.05, 4.69) is 0 Å². The third-order valence-electron chi connectivity index (χ3n) is 3.33. The average Bonchev–Trinajstić information content (AvgIpc) is 2.83. The molecule has 1 N–H and O–H groups in total. The molecule has 1 aliphatic carbocycles. The van der Waals surface area contributed by atoms with Crippen molar-refractivity contribution in [1.29, 1.82) is 0 Å². The molecule has 0 aliphatic heterocycles. The van der Waals surface area contributed by atoms with Crippen LogP contribution in [0.4, 0.5) is 0 Å². The lowest BCUT2D eigenvalue weighted by molar-refractivity contribution is -0.147. The van der Waals surface area contributed by atoms with Gasteiger partial charge in [0.15, 0.2) is 0 Å². The van der Waals surface area contributed by atoms with Crippen molar-refractivity contribution < 1.29 is 19.4 Å². The molecule has 1 aromatic carbocycles. The molecule has 102 valence electrons. The predicted molar refractivity (Wildman–Crippen MR) is 69.8 cm³/mol. The van der Waals surface area contributed by atoms with Crippen molar-refractivity contribution in [2.24, 2.45) is 0 Å². The smallest absolute Gasteiger partial charge is 0.310 e. The van der Waals surface area contributed by atoms with Crippen LogP contribution >= 0.6 is 0 Å². The number of aliphatic carboxylic acids is 1. The van der Waals surface area contributed by atoms with Gasteiger partial charge in [0.2, 0.25) is 0 Å². The number of carboxylic acids is 1. The molecule has 0 atom stereocenters. The van der Waals surface area contributed by atoms with E-state index in [1.807, 2.05) is 0 Å². The minimum Gasteiger partial charge on any atom is -0.481 e. The van der Waals surface area contributed by atoms with Gasteiger partial charge in [0.05, 0.1) is 12.8 Å². The number of hydrogen-bond donors (Lipinski definition) is 1. The van der Waals surface area contributed by atoms with E-state index >= 15 is 0 Å². The highest BCUT2D eigenvalue weighted by Gasteiger charge is 2.19. The molecule has 0 saturated heterocycles. The summed E-state index contributed by atoms with van der Waals surface area (Å²) >= 11 is 0. The molecular formula is C15H18O4. The Morgan fingerprint density at radius 3 is 2.11 bits per heavy atom. The molecule has 2 rings (SSSR count). The van der Waals surface area contributed by atoms with Crippen molar-refractivity contribution in [3.8, 4) is 0 Å². The average molecular weight is 262 g/mol. The Hall–Kier alpha value is -1.84. The highest BCUT2D eigenvalue weighted by molar-refractivity contribution is 5.73. The van der Waals surface area contributed by atoms with Gasteiger partial charge in [0.25, 0.3) is 0 Å². The Kier molecular flexibility index (Phi) is 4.55. The number of benzene rings is 1. The van der Waals surface area contributed by atoms with Gasteiger partial charge >= 0.3 is 11.9 Å². The third kappa shape index (κ3) is 4.39. The number of carbonyl (C=O) groups is 2. The second-order valence-corrected chi connectivity index (χ2v) is 4.96. The summed E-state index contributed by atoms with van der Waals surface area (Å²) in [7, 11) is 0. The molecule has 19 heavy (non-hydrogen) atoms. The molecule has 4 nitrogen and oxygen atoms in total. The maximum absolute atomic E-state index is 11.7. The zero-order valence-corrected chi connectivity index (χ0v) is 10.8. The molecule has 0 unspecified atom stereocenters. The fraction of sp³-hybridized carbons (Fsp3) is 0.467. The molecular weight excluding hydrogens is 244 g/mol. The van der Waals surface area contributed by atoms with Gasteiger partial charge in [-0.2, -0.15) is 0 Å². The topological polar surface area (TPSA) is 63.6 Å². The van der Waals surface area contributed by atoms with E-state index in [0.29, 0.717) is 0 Å². The molecule has 0 radical (unpaired) electrons. The lowest BCUT2D eigenvalue weighted by Gasteiger charge is -2.11. The molecule has 0 spiro atoms. The summed E-state index contributed by atoms with van der Waals surface area (Å²) in [6.45, 7) is 0. The normalized spacial score (nSPS) is 15.4. The molecule has 0 bridgehead atoms. The van der Waals surface area contributed by atoms with E-state index in [1.165, 1.54) is 0 Å². The number of ether oxygens (including phenoxy) is 1. The first kappa shape index (κ1) is 13.6. The summed E-state index contributed by atoms with van der Waals surface area (Å²) in [5.74, 6) is -1.05. The summed E-state index contributed by atoms with van der Waals surface area (Å²) in [4.78, 5) is 22.3. The van der Waals surface area contributed by atoms with Crippen LogP contribution in [0.15, 0.2) is 24.3 Å². The lowest BCUT2D eigenvalue weighted by Crippen LogP contribution is -2.16. The van der Waals surface area contributed by atoms with Crippen molar-refractivity contribution in [2.45, 2.75) is 44.6 Å². The predicted octanol–water partition coefficient (Wildman–Crippen LogP) is 2.34. The maximum atomic E-state index is 11.7. The Morgan fingerprint density at radius 2 is 1.58 bits per heavy atom. The Labute approximate surface area is 112 Å². The van der Waals surface area contributed by atoms with Crippen LogP contribution < -0.4 is 0 Å². The van der Waals surface area contributed by atoms with Crippen LogP contribution in [0.1, 0.15) is 36.8 Å². The number of rotatable bonds is 5. The van der Waals surface area contributed by atoms with Gasteiger partial charge in [-0.05, 0) is 36.8 Å². The van der Waals surface area contributed by atoms with Gasteiger partial charge in [-0.15, -0.1) is 0 Å². The first-order chi connectivity index (χ1) is 9.13. The van der Waals surface area contributed by atoms with Crippen molar-refractivity contribution >= 4 is 11.9 Å². The zero-order valence-electron chi connectivity index (χ0n) is 10.8. The van der Waals surface area contributed by atoms with Crippen LogP contribution in [-0.4, -0.2) is 23.1 Å². The Balaban J connectivity index is 1.84. The largest absolute Gasteiger partial charge is 0.481 e. The SMILES string of the molecule is O=C(O)Cc1ccc(CC(=O)OC2CCCC2)cc1. The van der Waals surface area contributed by atoms with Gasteiger partial charge in [-0.3, -0.25) is 9.59 Å². The number of carboxylic acid groups (broad SMARTS) is 1. The molecule has 1 saturated carbocycles. The van der Waals surface area contributed by atoms with E-state index in [1.54, 1.807) is 24.3 Å². The monoisotopic (exact) mass is 262 g/mol. The van der Waals surface area contributed by atoms with Crippen molar-refractivity contribution in [3.63, 3.8) is 0 Å². The Morgan fingerprint density at radius 1 is 1.05 bits per heavy atom. The van der Waals surface area contributed by atoms with E-state index in [0.717, 1.165) is 36.8 Å². The fourth-order valence-electron chi connectivity index (χ4n) is 2.35. The van der Waals surface area contributed by atoms with E-state index in [4.69, 9.17) is 9.84 Å². The van der Waals surface area contributed by atoms with Crippen LogP contribution in [0, 0.1) is 0 Å². The van der Waals surface area contributed by atoms with Gasteiger partial charge in [0.1, 0.15) is 6.10 Å². The lowest BCUT2D eigenvalue weighted by atomic mass is 10.1.